The number of nitrogens with zero attached hydrogens (tertiary/aromatic N) is 4. The largest absolute Gasteiger partial charge is 0.356 e. The number of aromatic nitrogens is 3. The van der Waals surface area contributed by atoms with Crippen molar-refractivity contribution in [2.24, 2.45) is 5.92 Å². The number of unbranched alkanes of at least 4 members (excludes halogenated alkanes) is 1. The molecule has 26 heavy (non-hydrogen) atoms. The van der Waals surface area contributed by atoms with Crippen LogP contribution in [0.5, 0.6) is 0 Å². The summed E-state index contributed by atoms with van der Waals surface area (Å²) >= 11 is 0. The summed E-state index contributed by atoms with van der Waals surface area (Å²) in [4.78, 5) is 28.1. The van der Waals surface area contributed by atoms with Gasteiger partial charge in [0.15, 0.2) is 5.82 Å². The van der Waals surface area contributed by atoms with Crippen molar-refractivity contribution in [2.45, 2.75) is 39.5 Å². The van der Waals surface area contributed by atoms with E-state index in [1.54, 1.807) is 12.4 Å². The molecule has 1 fully saturated rings. The molecule has 0 saturated carbocycles. The van der Waals surface area contributed by atoms with E-state index in [0.29, 0.717) is 12.4 Å². The number of carbonyl (C=O) groups excluding carboxylic acids is 1. The smallest absolute Gasteiger partial charge is 0.224 e. The zero-order chi connectivity index (χ0) is 18.4. The molecule has 3 heterocycles. The number of nitrogens with one attached hydrogen (secondary N) is 1. The van der Waals surface area contributed by atoms with Crippen molar-refractivity contribution in [3.63, 3.8) is 0 Å². The van der Waals surface area contributed by atoms with Crippen LogP contribution >= 0.6 is 0 Å². The average Bonchev–Trinajstić information content (AvgIpc) is 2.68. The van der Waals surface area contributed by atoms with Crippen molar-refractivity contribution in [1.29, 1.82) is 0 Å². The molecule has 1 aliphatic heterocycles. The summed E-state index contributed by atoms with van der Waals surface area (Å²) in [5.74, 6) is 1.77. The molecule has 6 heteroatoms. The number of pyridine rings is 1. The first kappa shape index (κ1) is 18.3. The van der Waals surface area contributed by atoms with E-state index in [1.807, 2.05) is 25.1 Å². The number of anilines is 1. The summed E-state index contributed by atoms with van der Waals surface area (Å²) in [7, 11) is 0. The van der Waals surface area contributed by atoms with Crippen LogP contribution in [-0.2, 0) is 4.79 Å². The number of rotatable bonds is 6. The third-order valence-electron chi connectivity index (χ3n) is 4.71. The van der Waals surface area contributed by atoms with Crippen LogP contribution in [0.1, 0.15) is 38.3 Å². The second kappa shape index (κ2) is 8.74. The van der Waals surface area contributed by atoms with Gasteiger partial charge in [0.1, 0.15) is 5.82 Å². The topological polar surface area (TPSA) is 71.0 Å². The summed E-state index contributed by atoms with van der Waals surface area (Å²) in [6.45, 7) is 6.50. The summed E-state index contributed by atoms with van der Waals surface area (Å²) in [6.07, 6.45) is 7.58. The number of piperidine rings is 1. The van der Waals surface area contributed by atoms with Crippen molar-refractivity contribution in [3.05, 3.63) is 36.3 Å². The van der Waals surface area contributed by atoms with E-state index < -0.39 is 0 Å². The first-order valence-corrected chi connectivity index (χ1v) is 9.46. The Balaban J connectivity index is 1.74. The number of amides is 1. The number of hydrogen-bond acceptors (Lipinski definition) is 5. The lowest BCUT2D eigenvalue weighted by Crippen LogP contribution is -2.43. The van der Waals surface area contributed by atoms with Crippen molar-refractivity contribution >= 4 is 11.7 Å². The SMILES string of the molecule is CCCCNC(=O)C1CCCN(c2cc(C)nc(-c3cccnc3)n2)C1. The van der Waals surface area contributed by atoms with Gasteiger partial charge < -0.3 is 10.2 Å². The van der Waals surface area contributed by atoms with E-state index >= 15 is 0 Å². The Labute approximate surface area is 155 Å². The molecule has 1 amide bonds. The predicted molar refractivity (Wildman–Crippen MR) is 103 cm³/mol. The molecule has 0 radical (unpaired) electrons. The molecule has 1 N–H and O–H groups in total. The van der Waals surface area contributed by atoms with Crippen LogP contribution in [0.3, 0.4) is 0 Å². The first-order valence-electron chi connectivity index (χ1n) is 9.46. The normalized spacial score (nSPS) is 17.2. The van der Waals surface area contributed by atoms with Gasteiger partial charge in [-0.15, -0.1) is 0 Å². The van der Waals surface area contributed by atoms with Gasteiger partial charge in [0.25, 0.3) is 0 Å². The van der Waals surface area contributed by atoms with Crippen LogP contribution in [0.25, 0.3) is 11.4 Å². The van der Waals surface area contributed by atoms with E-state index in [4.69, 9.17) is 4.98 Å². The second-order valence-electron chi connectivity index (χ2n) is 6.86. The number of aryl methyl sites for hydroxylation is 1. The summed E-state index contributed by atoms with van der Waals surface area (Å²) in [6, 6.07) is 5.85. The fraction of sp³-hybridized carbons (Fsp3) is 0.500. The van der Waals surface area contributed by atoms with Gasteiger partial charge in [-0.05, 0) is 38.3 Å². The van der Waals surface area contributed by atoms with Crippen LogP contribution in [0.2, 0.25) is 0 Å². The molecule has 0 spiro atoms. The van der Waals surface area contributed by atoms with Crippen LogP contribution in [0.15, 0.2) is 30.6 Å². The Morgan fingerprint density at radius 2 is 2.27 bits per heavy atom. The van der Waals surface area contributed by atoms with E-state index in [0.717, 1.165) is 55.8 Å². The molecular formula is C20H27N5O. The van der Waals surface area contributed by atoms with E-state index in [2.05, 4.69) is 27.1 Å². The van der Waals surface area contributed by atoms with Gasteiger partial charge in [0.05, 0.1) is 5.92 Å². The Morgan fingerprint density at radius 3 is 3.04 bits per heavy atom. The molecule has 2 aromatic heterocycles. The predicted octanol–water partition coefficient (Wildman–Crippen LogP) is 2.98. The van der Waals surface area contributed by atoms with Crippen LogP contribution in [0.4, 0.5) is 5.82 Å². The van der Waals surface area contributed by atoms with Gasteiger partial charge >= 0.3 is 0 Å². The van der Waals surface area contributed by atoms with Crippen molar-refractivity contribution in [1.82, 2.24) is 20.3 Å². The summed E-state index contributed by atoms with van der Waals surface area (Å²) in [5.41, 5.74) is 1.83. The summed E-state index contributed by atoms with van der Waals surface area (Å²) < 4.78 is 0. The number of hydrogen-bond donors (Lipinski definition) is 1. The highest BCUT2D eigenvalue weighted by Crippen LogP contribution is 2.24. The lowest BCUT2D eigenvalue weighted by Gasteiger charge is -2.33. The Kier molecular flexibility index (Phi) is 6.15. The highest BCUT2D eigenvalue weighted by atomic mass is 16.1. The zero-order valence-corrected chi connectivity index (χ0v) is 15.6. The molecule has 6 nitrogen and oxygen atoms in total. The first-order chi connectivity index (χ1) is 12.7. The maximum atomic E-state index is 12.4. The minimum absolute atomic E-state index is 0.0257. The summed E-state index contributed by atoms with van der Waals surface area (Å²) in [5, 5.41) is 3.07. The molecule has 1 saturated heterocycles. The third-order valence-corrected chi connectivity index (χ3v) is 4.71. The third kappa shape index (κ3) is 4.56. The Hall–Kier alpha value is -2.50. The van der Waals surface area contributed by atoms with E-state index in [1.165, 1.54) is 0 Å². The molecule has 0 bridgehead atoms. The lowest BCUT2D eigenvalue weighted by molar-refractivity contribution is -0.125. The Morgan fingerprint density at radius 1 is 1.38 bits per heavy atom. The maximum Gasteiger partial charge on any atom is 0.224 e. The molecule has 1 aliphatic rings. The van der Waals surface area contributed by atoms with Gasteiger partial charge in [0.2, 0.25) is 5.91 Å². The molecule has 0 aromatic carbocycles. The van der Waals surface area contributed by atoms with Gasteiger partial charge in [-0.25, -0.2) is 9.97 Å². The quantitative estimate of drug-likeness (QED) is 0.809. The maximum absolute atomic E-state index is 12.4. The van der Waals surface area contributed by atoms with Gasteiger partial charge in [0, 0.05) is 49.4 Å². The van der Waals surface area contributed by atoms with Gasteiger partial charge in [-0.3, -0.25) is 9.78 Å². The average molecular weight is 353 g/mol. The molecule has 138 valence electrons. The fourth-order valence-corrected chi connectivity index (χ4v) is 3.27. The highest BCUT2D eigenvalue weighted by Gasteiger charge is 2.26. The standard InChI is InChI=1S/C20H27N5O/c1-3-4-10-22-20(26)17-8-6-11-25(14-17)18-12-15(2)23-19(24-18)16-7-5-9-21-13-16/h5,7,9,12-13,17H,3-4,6,8,10-11,14H2,1-2H3,(H,22,26). The minimum atomic E-state index is 0.0257. The van der Waals surface area contributed by atoms with Crippen molar-refractivity contribution in [2.75, 3.05) is 24.5 Å². The molecule has 1 atom stereocenters. The van der Waals surface area contributed by atoms with Gasteiger partial charge in [-0.2, -0.15) is 0 Å². The van der Waals surface area contributed by atoms with Crippen LogP contribution in [-0.4, -0.2) is 40.5 Å². The molecular weight excluding hydrogens is 326 g/mol. The highest BCUT2D eigenvalue weighted by molar-refractivity contribution is 5.79. The zero-order valence-electron chi connectivity index (χ0n) is 15.6. The van der Waals surface area contributed by atoms with Crippen LogP contribution < -0.4 is 10.2 Å². The van der Waals surface area contributed by atoms with Gasteiger partial charge in [-0.1, -0.05) is 13.3 Å². The molecule has 2 aromatic rings. The van der Waals surface area contributed by atoms with E-state index in [-0.39, 0.29) is 11.8 Å². The van der Waals surface area contributed by atoms with Crippen molar-refractivity contribution in [3.8, 4) is 11.4 Å². The number of carbonyl (C=O) groups is 1. The molecule has 0 aliphatic carbocycles. The fourth-order valence-electron chi connectivity index (χ4n) is 3.27. The second-order valence-corrected chi connectivity index (χ2v) is 6.86. The minimum Gasteiger partial charge on any atom is -0.356 e. The Bertz CT molecular complexity index is 734. The van der Waals surface area contributed by atoms with Crippen LogP contribution in [0, 0.1) is 12.8 Å². The monoisotopic (exact) mass is 353 g/mol. The lowest BCUT2D eigenvalue weighted by atomic mass is 9.97. The van der Waals surface area contributed by atoms with E-state index in [9.17, 15) is 4.79 Å². The van der Waals surface area contributed by atoms with Crippen molar-refractivity contribution < 1.29 is 4.79 Å². The molecule has 1 unspecified atom stereocenters. The molecule has 3 rings (SSSR count).